The van der Waals surface area contributed by atoms with Crippen molar-refractivity contribution >= 4 is 0 Å². The summed E-state index contributed by atoms with van der Waals surface area (Å²) in [5.74, 6) is 0.100. The lowest BCUT2D eigenvalue weighted by molar-refractivity contribution is 0.141. The van der Waals surface area contributed by atoms with Crippen LogP contribution in [0.15, 0.2) is 18.2 Å². The van der Waals surface area contributed by atoms with Gasteiger partial charge in [-0.15, -0.1) is 0 Å². The van der Waals surface area contributed by atoms with Crippen LogP contribution in [0, 0.1) is 23.5 Å². The third kappa shape index (κ3) is 3.55. The second kappa shape index (κ2) is 6.64. The first-order chi connectivity index (χ1) is 9.49. The average Bonchev–Trinajstić information content (AvgIpc) is 2.43. The molecule has 1 aliphatic rings. The van der Waals surface area contributed by atoms with Gasteiger partial charge in [-0.25, -0.2) is 8.78 Å². The summed E-state index contributed by atoms with van der Waals surface area (Å²) in [6.07, 6.45) is 2.47. The van der Waals surface area contributed by atoms with Gasteiger partial charge in [-0.3, -0.25) is 0 Å². The quantitative estimate of drug-likeness (QED) is 0.887. The van der Waals surface area contributed by atoms with Gasteiger partial charge in [0.25, 0.3) is 0 Å². The Morgan fingerprint density at radius 3 is 2.80 bits per heavy atom. The van der Waals surface area contributed by atoms with E-state index in [0.717, 1.165) is 24.6 Å². The molecule has 0 radical (unpaired) electrons. The van der Waals surface area contributed by atoms with E-state index in [1.807, 2.05) is 0 Å². The molecule has 4 atom stereocenters. The molecule has 2 rings (SSSR count). The van der Waals surface area contributed by atoms with Gasteiger partial charge in [0.2, 0.25) is 0 Å². The third-order valence-electron chi connectivity index (χ3n) is 4.60. The van der Waals surface area contributed by atoms with Gasteiger partial charge in [0.05, 0.1) is 6.10 Å². The van der Waals surface area contributed by atoms with Crippen LogP contribution in [0.2, 0.25) is 0 Å². The van der Waals surface area contributed by atoms with E-state index in [9.17, 15) is 13.9 Å². The van der Waals surface area contributed by atoms with Gasteiger partial charge in [-0.2, -0.15) is 0 Å². The second-order valence-electron chi connectivity index (χ2n) is 5.96. The normalized spacial score (nSPS) is 28.4. The molecule has 0 heterocycles. The fraction of sp³-hybridized carbons (Fsp3) is 0.625. The Balaban J connectivity index is 1.94. The highest BCUT2D eigenvalue weighted by molar-refractivity contribution is 5.21. The molecule has 1 aromatic carbocycles. The standard InChI is InChI=1S/C16H23F2NO/c1-10-4-3-5-15(11(10)2)19-9-16(20)13-8-12(17)6-7-14(13)18/h6-8,10-11,15-16,19-20H,3-5,9H2,1-2H3. The SMILES string of the molecule is CC1CCCC(NCC(O)c2cc(F)ccc2F)C1C. The van der Waals surface area contributed by atoms with Crippen LogP contribution in [0.1, 0.15) is 44.8 Å². The van der Waals surface area contributed by atoms with E-state index < -0.39 is 17.7 Å². The van der Waals surface area contributed by atoms with E-state index in [1.165, 1.54) is 12.8 Å². The molecule has 1 saturated carbocycles. The van der Waals surface area contributed by atoms with Crippen molar-refractivity contribution in [3.63, 3.8) is 0 Å². The summed E-state index contributed by atoms with van der Waals surface area (Å²) in [4.78, 5) is 0. The molecule has 0 amide bonds. The Morgan fingerprint density at radius 1 is 1.30 bits per heavy atom. The smallest absolute Gasteiger partial charge is 0.129 e. The monoisotopic (exact) mass is 283 g/mol. The van der Waals surface area contributed by atoms with Gasteiger partial charge in [0.1, 0.15) is 11.6 Å². The zero-order chi connectivity index (χ0) is 14.7. The Hall–Kier alpha value is -1.00. The molecule has 1 fully saturated rings. The van der Waals surface area contributed by atoms with Gasteiger partial charge in [-0.05, 0) is 36.5 Å². The molecule has 2 N–H and O–H groups in total. The molecule has 0 bridgehead atoms. The van der Waals surface area contributed by atoms with Gasteiger partial charge in [0.15, 0.2) is 0 Å². The second-order valence-corrected chi connectivity index (χ2v) is 5.96. The summed E-state index contributed by atoms with van der Waals surface area (Å²) in [6.45, 7) is 4.69. The number of hydrogen-bond donors (Lipinski definition) is 2. The summed E-state index contributed by atoms with van der Waals surface area (Å²) < 4.78 is 26.7. The third-order valence-corrected chi connectivity index (χ3v) is 4.60. The van der Waals surface area contributed by atoms with Crippen molar-refractivity contribution < 1.29 is 13.9 Å². The maximum Gasteiger partial charge on any atom is 0.129 e. The highest BCUT2D eigenvalue weighted by Gasteiger charge is 2.27. The van der Waals surface area contributed by atoms with Crippen molar-refractivity contribution in [2.45, 2.75) is 45.3 Å². The largest absolute Gasteiger partial charge is 0.387 e. The number of halogens is 2. The van der Waals surface area contributed by atoms with Crippen LogP contribution in [0.25, 0.3) is 0 Å². The summed E-state index contributed by atoms with van der Waals surface area (Å²) in [5.41, 5.74) is 0.0222. The summed E-state index contributed by atoms with van der Waals surface area (Å²) in [7, 11) is 0. The Bertz CT molecular complexity index is 452. The number of hydrogen-bond acceptors (Lipinski definition) is 2. The first-order valence-electron chi connectivity index (χ1n) is 7.35. The molecule has 112 valence electrons. The van der Waals surface area contributed by atoms with E-state index in [1.54, 1.807) is 0 Å². The molecule has 1 aliphatic carbocycles. The van der Waals surface area contributed by atoms with Gasteiger partial charge in [0, 0.05) is 18.2 Å². The lowest BCUT2D eigenvalue weighted by atomic mass is 9.78. The van der Waals surface area contributed by atoms with E-state index in [2.05, 4.69) is 19.2 Å². The van der Waals surface area contributed by atoms with Crippen molar-refractivity contribution in [2.24, 2.45) is 11.8 Å². The van der Waals surface area contributed by atoms with Crippen LogP contribution < -0.4 is 5.32 Å². The molecule has 4 heteroatoms. The fourth-order valence-electron chi connectivity index (χ4n) is 3.01. The highest BCUT2D eigenvalue weighted by atomic mass is 19.1. The van der Waals surface area contributed by atoms with Crippen LogP contribution in [-0.4, -0.2) is 17.7 Å². The zero-order valence-corrected chi connectivity index (χ0v) is 12.1. The summed E-state index contributed by atoms with van der Waals surface area (Å²) in [5, 5.41) is 13.3. The lowest BCUT2D eigenvalue weighted by Gasteiger charge is -2.35. The molecule has 0 saturated heterocycles. The van der Waals surface area contributed by atoms with Gasteiger partial charge in [-0.1, -0.05) is 26.7 Å². The zero-order valence-electron chi connectivity index (χ0n) is 12.1. The summed E-state index contributed by atoms with van der Waals surface area (Å²) >= 11 is 0. The fourth-order valence-corrected chi connectivity index (χ4v) is 3.01. The van der Waals surface area contributed by atoms with E-state index in [0.29, 0.717) is 17.9 Å². The Morgan fingerprint density at radius 2 is 2.05 bits per heavy atom. The molecule has 20 heavy (non-hydrogen) atoms. The van der Waals surface area contributed by atoms with Crippen molar-refractivity contribution in [2.75, 3.05) is 6.54 Å². The molecule has 0 aromatic heterocycles. The van der Waals surface area contributed by atoms with Gasteiger partial charge >= 0.3 is 0 Å². The number of aliphatic hydroxyl groups excluding tert-OH is 1. The van der Waals surface area contributed by atoms with Crippen LogP contribution in [0.3, 0.4) is 0 Å². The predicted molar refractivity (Wildman–Crippen MR) is 75.3 cm³/mol. The number of benzene rings is 1. The van der Waals surface area contributed by atoms with Crippen LogP contribution in [-0.2, 0) is 0 Å². The lowest BCUT2D eigenvalue weighted by Crippen LogP contribution is -2.42. The maximum absolute atomic E-state index is 13.6. The minimum Gasteiger partial charge on any atom is -0.387 e. The Kier molecular flexibility index (Phi) is 5.11. The molecule has 4 unspecified atom stereocenters. The number of aliphatic hydroxyl groups is 1. The van der Waals surface area contributed by atoms with Crippen LogP contribution >= 0.6 is 0 Å². The van der Waals surface area contributed by atoms with E-state index in [-0.39, 0.29) is 12.1 Å². The minimum absolute atomic E-state index is 0.0222. The average molecular weight is 283 g/mol. The van der Waals surface area contributed by atoms with Crippen molar-refractivity contribution in [3.8, 4) is 0 Å². The molecule has 0 spiro atoms. The first kappa shape index (κ1) is 15.4. The number of rotatable bonds is 4. The summed E-state index contributed by atoms with van der Waals surface area (Å²) in [6, 6.07) is 3.52. The molecule has 2 nitrogen and oxygen atoms in total. The Labute approximate surface area is 119 Å². The van der Waals surface area contributed by atoms with Crippen molar-refractivity contribution in [1.29, 1.82) is 0 Å². The van der Waals surface area contributed by atoms with Crippen molar-refractivity contribution in [1.82, 2.24) is 5.32 Å². The molecule has 0 aliphatic heterocycles. The maximum atomic E-state index is 13.6. The minimum atomic E-state index is -1.02. The first-order valence-corrected chi connectivity index (χ1v) is 7.35. The van der Waals surface area contributed by atoms with Crippen LogP contribution in [0.5, 0.6) is 0 Å². The highest BCUT2D eigenvalue weighted by Crippen LogP contribution is 2.29. The molecular formula is C16H23F2NO. The van der Waals surface area contributed by atoms with Crippen molar-refractivity contribution in [3.05, 3.63) is 35.4 Å². The number of nitrogens with one attached hydrogen (secondary N) is 1. The molecule has 1 aromatic rings. The topological polar surface area (TPSA) is 32.3 Å². The van der Waals surface area contributed by atoms with E-state index in [4.69, 9.17) is 0 Å². The molecular weight excluding hydrogens is 260 g/mol. The van der Waals surface area contributed by atoms with E-state index >= 15 is 0 Å². The van der Waals surface area contributed by atoms with Crippen LogP contribution in [0.4, 0.5) is 8.78 Å². The van der Waals surface area contributed by atoms with Gasteiger partial charge < -0.3 is 10.4 Å². The predicted octanol–water partition coefficient (Wildman–Crippen LogP) is 3.41.